The van der Waals surface area contributed by atoms with E-state index in [0.717, 1.165) is 6.42 Å². The lowest BCUT2D eigenvalue weighted by atomic mass is 9.81. The maximum absolute atomic E-state index is 12.3. The van der Waals surface area contributed by atoms with Crippen LogP contribution in [0, 0.1) is 5.92 Å². The van der Waals surface area contributed by atoms with Crippen molar-refractivity contribution in [2.45, 2.75) is 45.1 Å². The third-order valence-electron chi connectivity index (χ3n) is 4.72. The van der Waals surface area contributed by atoms with Crippen molar-refractivity contribution in [3.8, 4) is 0 Å². The second-order valence-corrected chi connectivity index (χ2v) is 6.34. The standard InChI is InChI=1S/C18H25NO3/c1-3-15-13-19(12-11-18(15,2)22)17(21)10-9-16(20)14-7-5-4-6-8-14/h4-8,15,22H,3,9-13H2,1-2H3/t15-,18+/m1/s1. The molecule has 1 aromatic carbocycles. The van der Waals surface area contributed by atoms with Gasteiger partial charge in [0.2, 0.25) is 5.91 Å². The molecule has 0 aliphatic carbocycles. The third-order valence-corrected chi connectivity index (χ3v) is 4.72. The molecule has 22 heavy (non-hydrogen) atoms. The zero-order chi connectivity index (χ0) is 16.2. The Kier molecular flexibility index (Phi) is 5.35. The van der Waals surface area contributed by atoms with Crippen LogP contribution in [0.25, 0.3) is 0 Å². The van der Waals surface area contributed by atoms with Gasteiger partial charge in [0.1, 0.15) is 0 Å². The van der Waals surface area contributed by atoms with E-state index in [1.165, 1.54) is 0 Å². The molecule has 0 saturated carbocycles. The van der Waals surface area contributed by atoms with E-state index in [4.69, 9.17) is 0 Å². The van der Waals surface area contributed by atoms with Crippen LogP contribution in [-0.2, 0) is 4.79 Å². The molecule has 4 nitrogen and oxygen atoms in total. The molecule has 1 fully saturated rings. The molecule has 2 atom stereocenters. The first kappa shape index (κ1) is 16.7. The summed E-state index contributed by atoms with van der Waals surface area (Å²) in [5.74, 6) is 0.123. The van der Waals surface area contributed by atoms with Gasteiger partial charge in [0, 0.05) is 37.4 Å². The first-order valence-electron chi connectivity index (χ1n) is 8.02. The highest BCUT2D eigenvalue weighted by Gasteiger charge is 2.37. The fourth-order valence-corrected chi connectivity index (χ4v) is 3.06. The number of piperidine rings is 1. The Morgan fingerprint density at radius 1 is 1.27 bits per heavy atom. The first-order chi connectivity index (χ1) is 10.4. The van der Waals surface area contributed by atoms with Crippen molar-refractivity contribution in [3.63, 3.8) is 0 Å². The number of ketones is 1. The van der Waals surface area contributed by atoms with Gasteiger partial charge >= 0.3 is 0 Å². The van der Waals surface area contributed by atoms with Crippen LogP contribution in [0.5, 0.6) is 0 Å². The average molecular weight is 303 g/mol. The van der Waals surface area contributed by atoms with Crippen LogP contribution in [-0.4, -0.2) is 40.4 Å². The van der Waals surface area contributed by atoms with E-state index in [9.17, 15) is 14.7 Å². The van der Waals surface area contributed by atoms with Gasteiger partial charge in [-0.1, -0.05) is 37.3 Å². The van der Waals surface area contributed by atoms with E-state index in [1.807, 2.05) is 32.0 Å². The molecular formula is C18H25NO3. The molecule has 0 bridgehead atoms. The molecular weight excluding hydrogens is 278 g/mol. The Morgan fingerprint density at radius 2 is 1.95 bits per heavy atom. The van der Waals surface area contributed by atoms with Gasteiger partial charge in [-0.05, 0) is 19.8 Å². The molecule has 0 aromatic heterocycles. The van der Waals surface area contributed by atoms with Gasteiger partial charge in [0.25, 0.3) is 0 Å². The average Bonchev–Trinajstić information content (AvgIpc) is 2.52. The molecule has 0 unspecified atom stereocenters. The van der Waals surface area contributed by atoms with E-state index in [0.29, 0.717) is 25.1 Å². The molecule has 0 spiro atoms. The van der Waals surface area contributed by atoms with Crippen LogP contribution < -0.4 is 0 Å². The molecule has 1 aliphatic rings. The molecule has 1 aromatic rings. The van der Waals surface area contributed by atoms with Crippen molar-refractivity contribution in [2.24, 2.45) is 5.92 Å². The maximum atomic E-state index is 12.3. The van der Waals surface area contributed by atoms with Crippen LogP contribution in [0.4, 0.5) is 0 Å². The van der Waals surface area contributed by atoms with Gasteiger partial charge in [-0.15, -0.1) is 0 Å². The highest BCUT2D eigenvalue weighted by molar-refractivity contribution is 5.97. The van der Waals surface area contributed by atoms with Gasteiger partial charge in [-0.2, -0.15) is 0 Å². The topological polar surface area (TPSA) is 57.6 Å². The van der Waals surface area contributed by atoms with Gasteiger partial charge in [-0.25, -0.2) is 0 Å². The molecule has 1 amide bonds. The molecule has 2 rings (SSSR count). The van der Waals surface area contributed by atoms with E-state index in [1.54, 1.807) is 17.0 Å². The van der Waals surface area contributed by atoms with Crippen LogP contribution in [0.2, 0.25) is 0 Å². The van der Waals surface area contributed by atoms with Crippen LogP contribution >= 0.6 is 0 Å². The number of aliphatic hydroxyl groups is 1. The lowest BCUT2D eigenvalue weighted by Gasteiger charge is -2.42. The minimum atomic E-state index is -0.689. The summed E-state index contributed by atoms with van der Waals surface area (Å²) >= 11 is 0. The largest absolute Gasteiger partial charge is 0.390 e. The van der Waals surface area contributed by atoms with Crippen molar-refractivity contribution in [1.29, 1.82) is 0 Å². The summed E-state index contributed by atoms with van der Waals surface area (Å²) in [5.41, 5.74) is -0.0333. The summed E-state index contributed by atoms with van der Waals surface area (Å²) < 4.78 is 0. The fraction of sp³-hybridized carbons (Fsp3) is 0.556. The summed E-state index contributed by atoms with van der Waals surface area (Å²) in [6.07, 6.45) is 1.93. The monoisotopic (exact) mass is 303 g/mol. The zero-order valence-corrected chi connectivity index (χ0v) is 13.4. The minimum Gasteiger partial charge on any atom is -0.390 e. The van der Waals surface area contributed by atoms with Crippen molar-refractivity contribution >= 4 is 11.7 Å². The normalized spacial score (nSPS) is 25.0. The Bertz CT molecular complexity index is 524. The summed E-state index contributed by atoms with van der Waals surface area (Å²) in [4.78, 5) is 26.1. The molecule has 0 radical (unpaired) electrons. The zero-order valence-electron chi connectivity index (χ0n) is 13.4. The van der Waals surface area contributed by atoms with Gasteiger partial charge < -0.3 is 10.0 Å². The van der Waals surface area contributed by atoms with Crippen molar-refractivity contribution < 1.29 is 14.7 Å². The highest BCUT2D eigenvalue weighted by atomic mass is 16.3. The van der Waals surface area contributed by atoms with E-state index < -0.39 is 5.60 Å². The summed E-state index contributed by atoms with van der Waals surface area (Å²) in [7, 11) is 0. The summed E-state index contributed by atoms with van der Waals surface area (Å²) in [6.45, 7) is 5.04. The minimum absolute atomic E-state index is 0.00463. The number of carbonyl (C=O) groups is 2. The number of hydrogen-bond acceptors (Lipinski definition) is 3. The van der Waals surface area contributed by atoms with Crippen molar-refractivity contribution in [1.82, 2.24) is 4.90 Å². The molecule has 1 N–H and O–H groups in total. The Balaban J connectivity index is 1.87. The molecule has 4 heteroatoms. The van der Waals surface area contributed by atoms with Crippen molar-refractivity contribution in [2.75, 3.05) is 13.1 Å². The van der Waals surface area contributed by atoms with E-state index in [2.05, 4.69) is 0 Å². The molecule has 120 valence electrons. The number of carbonyl (C=O) groups excluding carboxylic acids is 2. The van der Waals surface area contributed by atoms with E-state index in [-0.39, 0.29) is 30.4 Å². The van der Waals surface area contributed by atoms with Crippen LogP contribution in [0.3, 0.4) is 0 Å². The number of rotatable bonds is 5. The number of hydrogen-bond donors (Lipinski definition) is 1. The van der Waals surface area contributed by atoms with Gasteiger partial charge in [0.05, 0.1) is 5.60 Å². The van der Waals surface area contributed by atoms with Crippen molar-refractivity contribution in [3.05, 3.63) is 35.9 Å². The smallest absolute Gasteiger partial charge is 0.223 e. The number of likely N-dealkylation sites (tertiary alicyclic amines) is 1. The second-order valence-electron chi connectivity index (χ2n) is 6.34. The number of benzene rings is 1. The Labute approximate surface area is 132 Å². The Hall–Kier alpha value is -1.68. The maximum Gasteiger partial charge on any atom is 0.223 e. The first-order valence-corrected chi connectivity index (χ1v) is 8.02. The van der Waals surface area contributed by atoms with Crippen LogP contribution in [0.15, 0.2) is 30.3 Å². The number of amides is 1. The third kappa shape index (κ3) is 3.95. The Morgan fingerprint density at radius 3 is 2.59 bits per heavy atom. The lowest BCUT2D eigenvalue weighted by Crippen LogP contribution is -2.51. The fourth-order valence-electron chi connectivity index (χ4n) is 3.06. The molecule has 1 aliphatic heterocycles. The van der Waals surface area contributed by atoms with E-state index >= 15 is 0 Å². The number of nitrogens with zero attached hydrogens (tertiary/aromatic N) is 1. The molecule has 1 saturated heterocycles. The SMILES string of the molecule is CC[C@@H]1CN(C(=O)CCC(=O)c2ccccc2)CC[C@]1(C)O. The summed E-state index contributed by atoms with van der Waals surface area (Å²) in [5, 5.41) is 10.3. The predicted molar refractivity (Wildman–Crippen MR) is 85.6 cm³/mol. The summed E-state index contributed by atoms with van der Waals surface area (Å²) in [6, 6.07) is 9.07. The number of Topliss-reactive ketones (excluding diaryl/α,β-unsaturated/α-hetero) is 1. The predicted octanol–water partition coefficient (Wildman–Crippen LogP) is 2.66. The molecule has 1 heterocycles. The van der Waals surface area contributed by atoms with Crippen LogP contribution in [0.1, 0.15) is 49.9 Å². The second kappa shape index (κ2) is 7.05. The highest BCUT2D eigenvalue weighted by Crippen LogP contribution is 2.30. The van der Waals surface area contributed by atoms with Gasteiger partial charge in [-0.3, -0.25) is 9.59 Å². The lowest BCUT2D eigenvalue weighted by molar-refractivity contribution is -0.138. The quantitative estimate of drug-likeness (QED) is 0.851. The van der Waals surface area contributed by atoms with Gasteiger partial charge in [0.15, 0.2) is 5.78 Å².